The van der Waals surface area contributed by atoms with Crippen LogP contribution < -0.4 is 10.6 Å². The van der Waals surface area contributed by atoms with Gasteiger partial charge < -0.3 is 9.88 Å². The molecule has 150 valence electrons. The standard InChI is InChI=1S/C22H20N6OS/c29-21(27-22-25-18(13-30-22)16-5-3-9-23-12-16)26-20-17-6-2-1-4-15(17)7-8-19(20)28-11-10-24-14-28/h1-6,9-14,19-20H,7-8H2,(H2,25,26,27,29). The number of hydrogen-bond donors (Lipinski definition) is 2. The molecule has 2 atom stereocenters. The van der Waals surface area contributed by atoms with Crippen molar-refractivity contribution >= 4 is 22.5 Å². The maximum atomic E-state index is 12.9. The lowest BCUT2D eigenvalue weighted by molar-refractivity contribution is 0.239. The van der Waals surface area contributed by atoms with Crippen LogP contribution in [0.3, 0.4) is 0 Å². The Kier molecular flexibility index (Phi) is 4.98. The summed E-state index contributed by atoms with van der Waals surface area (Å²) < 4.78 is 2.07. The third kappa shape index (κ3) is 3.69. The zero-order valence-electron chi connectivity index (χ0n) is 16.1. The first-order chi connectivity index (χ1) is 14.8. The molecule has 4 aromatic rings. The molecule has 0 saturated heterocycles. The maximum absolute atomic E-state index is 12.9. The van der Waals surface area contributed by atoms with Crippen LogP contribution in [0.5, 0.6) is 0 Å². The van der Waals surface area contributed by atoms with Crippen molar-refractivity contribution in [1.29, 1.82) is 0 Å². The van der Waals surface area contributed by atoms with Crippen LogP contribution in [0.2, 0.25) is 0 Å². The van der Waals surface area contributed by atoms with Crippen molar-refractivity contribution in [3.63, 3.8) is 0 Å². The molecule has 1 aliphatic rings. The number of nitrogens with one attached hydrogen (secondary N) is 2. The monoisotopic (exact) mass is 416 g/mol. The van der Waals surface area contributed by atoms with Crippen LogP contribution in [0.1, 0.15) is 29.6 Å². The molecule has 2 amide bonds. The second kappa shape index (κ2) is 8.08. The van der Waals surface area contributed by atoms with Crippen molar-refractivity contribution in [3.05, 3.63) is 84.0 Å². The number of urea groups is 1. The first-order valence-electron chi connectivity index (χ1n) is 9.76. The van der Waals surface area contributed by atoms with E-state index in [0.29, 0.717) is 5.13 Å². The number of thiazole rings is 1. The molecule has 0 fully saturated rings. The first-order valence-corrected chi connectivity index (χ1v) is 10.6. The molecule has 30 heavy (non-hydrogen) atoms. The van der Waals surface area contributed by atoms with Crippen LogP contribution in [0.25, 0.3) is 11.3 Å². The van der Waals surface area contributed by atoms with E-state index in [1.54, 1.807) is 18.6 Å². The molecule has 3 aromatic heterocycles. The zero-order chi connectivity index (χ0) is 20.3. The third-order valence-electron chi connectivity index (χ3n) is 5.36. The van der Waals surface area contributed by atoms with Gasteiger partial charge in [0.05, 0.1) is 24.1 Å². The van der Waals surface area contributed by atoms with Gasteiger partial charge in [0.2, 0.25) is 0 Å². The van der Waals surface area contributed by atoms with E-state index < -0.39 is 0 Å². The normalized spacial score (nSPS) is 17.9. The highest BCUT2D eigenvalue weighted by Crippen LogP contribution is 2.37. The molecule has 0 saturated carbocycles. The molecule has 2 N–H and O–H groups in total. The van der Waals surface area contributed by atoms with Gasteiger partial charge in [-0.2, -0.15) is 0 Å². The van der Waals surface area contributed by atoms with Crippen molar-refractivity contribution < 1.29 is 4.79 Å². The van der Waals surface area contributed by atoms with Gasteiger partial charge in [0, 0.05) is 35.7 Å². The molecule has 0 spiro atoms. The smallest absolute Gasteiger partial charge is 0.321 e. The van der Waals surface area contributed by atoms with Crippen molar-refractivity contribution in [2.75, 3.05) is 5.32 Å². The Bertz CT molecular complexity index is 1140. The van der Waals surface area contributed by atoms with E-state index in [1.165, 1.54) is 16.9 Å². The number of rotatable bonds is 4. The number of carbonyl (C=O) groups is 1. The highest BCUT2D eigenvalue weighted by Gasteiger charge is 2.31. The summed E-state index contributed by atoms with van der Waals surface area (Å²) in [4.78, 5) is 25.7. The van der Waals surface area contributed by atoms with E-state index in [2.05, 4.69) is 42.3 Å². The van der Waals surface area contributed by atoms with Gasteiger partial charge in [0.15, 0.2) is 5.13 Å². The first kappa shape index (κ1) is 18.5. The van der Waals surface area contributed by atoms with Gasteiger partial charge in [-0.15, -0.1) is 11.3 Å². The number of carbonyl (C=O) groups excluding carboxylic acids is 1. The Balaban J connectivity index is 1.35. The molecule has 5 rings (SSSR count). The van der Waals surface area contributed by atoms with Gasteiger partial charge in [0.1, 0.15) is 0 Å². The molecule has 3 heterocycles. The number of pyridine rings is 1. The lowest BCUT2D eigenvalue weighted by Crippen LogP contribution is -2.39. The van der Waals surface area contributed by atoms with Crippen LogP contribution in [-0.4, -0.2) is 25.6 Å². The van der Waals surface area contributed by atoms with E-state index >= 15 is 0 Å². The quantitative estimate of drug-likeness (QED) is 0.515. The molecule has 0 radical (unpaired) electrons. The molecule has 1 aromatic carbocycles. The molecular weight excluding hydrogens is 396 g/mol. The summed E-state index contributed by atoms with van der Waals surface area (Å²) in [5.74, 6) is 0. The van der Waals surface area contributed by atoms with Gasteiger partial charge in [-0.3, -0.25) is 10.3 Å². The van der Waals surface area contributed by atoms with Gasteiger partial charge >= 0.3 is 6.03 Å². The van der Waals surface area contributed by atoms with Crippen LogP contribution in [0.4, 0.5) is 9.93 Å². The summed E-state index contributed by atoms with van der Waals surface area (Å²) in [6.07, 6.45) is 10.9. The third-order valence-corrected chi connectivity index (χ3v) is 6.12. The van der Waals surface area contributed by atoms with Crippen LogP contribution in [0.15, 0.2) is 72.9 Å². The average molecular weight is 417 g/mol. The molecule has 0 aliphatic heterocycles. The SMILES string of the molecule is O=C(Nc1nc(-c2cccnc2)cs1)NC1c2ccccc2CCC1n1ccnc1. The summed E-state index contributed by atoms with van der Waals surface area (Å²) in [6, 6.07) is 11.8. The Morgan fingerprint density at radius 3 is 2.90 bits per heavy atom. The molecule has 8 heteroatoms. The number of benzene rings is 1. The number of aryl methyl sites for hydroxylation is 1. The number of imidazole rings is 1. The second-order valence-electron chi connectivity index (χ2n) is 7.17. The average Bonchev–Trinajstić information content (AvgIpc) is 3.47. The Morgan fingerprint density at radius 1 is 1.13 bits per heavy atom. The fourth-order valence-corrected chi connectivity index (χ4v) is 4.67. The van der Waals surface area contributed by atoms with E-state index in [9.17, 15) is 4.79 Å². The van der Waals surface area contributed by atoms with Crippen LogP contribution in [-0.2, 0) is 6.42 Å². The molecule has 1 aliphatic carbocycles. The number of nitrogens with zero attached hydrogens (tertiary/aromatic N) is 4. The van der Waals surface area contributed by atoms with E-state index in [0.717, 1.165) is 29.7 Å². The fraction of sp³-hybridized carbons (Fsp3) is 0.182. The minimum absolute atomic E-state index is 0.107. The summed E-state index contributed by atoms with van der Waals surface area (Å²) in [7, 11) is 0. The predicted molar refractivity (Wildman–Crippen MR) is 116 cm³/mol. The number of aromatic nitrogens is 4. The summed E-state index contributed by atoms with van der Waals surface area (Å²) >= 11 is 1.39. The summed E-state index contributed by atoms with van der Waals surface area (Å²) in [6.45, 7) is 0. The molecule has 0 bridgehead atoms. The summed E-state index contributed by atoms with van der Waals surface area (Å²) in [5.41, 5.74) is 4.13. The van der Waals surface area contributed by atoms with Gasteiger partial charge in [-0.1, -0.05) is 24.3 Å². The highest BCUT2D eigenvalue weighted by molar-refractivity contribution is 7.14. The fourth-order valence-electron chi connectivity index (χ4n) is 3.96. The lowest BCUT2D eigenvalue weighted by Gasteiger charge is -2.34. The molecule has 2 unspecified atom stereocenters. The van der Waals surface area contributed by atoms with Crippen molar-refractivity contribution in [2.24, 2.45) is 0 Å². The van der Waals surface area contributed by atoms with Gasteiger partial charge in [-0.05, 0) is 36.1 Å². The van der Waals surface area contributed by atoms with Gasteiger partial charge in [0.25, 0.3) is 0 Å². The second-order valence-corrected chi connectivity index (χ2v) is 8.03. The van der Waals surface area contributed by atoms with Crippen LogP contribution >= 0.6 is 11.3 Å². The van der Waals surface area contributed by atoms with Crippen molar-refractivity contribution in [3.8, 4) is 11.3 Å². The van der Waals surface area contributed by atoms with E-state index in [-0.39, 0.29) is 18.1 Å². The molecular formula is C22H20N6OS. The van der Waals surface area contributed by atoms with E-state index in [4.69, 9.17) is 0 Å². The predicted octanol–water partition coefficient (Wildman–Crippen LogP) is 4.45. The topological polar surface area (TPSA) is 84.7 Å². The molecule has 7 nitrogen and oxygen atoms in total. The van der Waals surface area contributed by atoms with Gasteiger partial charge in [-0.25, -0.2) is 14.8 Å². The van der Waals surface area contributed by atoms with Crippen LogP contribution in [0, 0.1) is 0 Å². The minimum Gasteiger partial charge on any atom is -0.332 e. The minimum atomic E-state index is -0.270. The van der Waals surface area contributed by atoms with Crippen molar-refractivity contribution in [2.45, 2.75) is 24.9 Å². The Hall–Kier alpha value is -3.52. The number of hydrogen-bond acceptors (Lipinski definition) is 5. The maximum Gasteiger partial charge on any atom is 0.321 e. The van der Waals surface area contributed by atoms with E-state index in [1.807, 2.05) is 42.2 Å². The Morgan fingerprint density at radius 2 is 2.07 bits per heavy atom. The number of fused-ring (bicyclic) bond motifs is 1. The number of anilines is 1. The largest absolute Gasteiger partial charge is 0.332 e. The zero-order valence-corrected chi connectivity index (χ0v) is 16.9. The Labute approximate surface area is 177 Å². The van der Waals surface area contributed by atoms with Crippen molar-refractivity contribution in [1.82, 2.24) is 24.8 Å². The lowest BCUT2D eigenvalue weighted by atomic mass is 9.84. The summed E-state index contributed by atoms with van der Waals surface area (Å²) in [5, 5.41) is 8.52. The highest BCUT2D eigenvalue weighted by atomic mass is 32.1. The number of amides is 2.